The molecule has 0 aliphatic carbocycles. The van der Waals surface area contributed by atoms with Crippen molar-refractivity contribution in [2.75, 3.05) is 26.8 Å². The second kappa shape index (κ2) is 5.16. The number of benzene rings is 1. The fourth-order valence-corrected chi connectivity index (χ4v) is 3.20. The smallest absolute Gasteiger partial charge is 0.162 e. The molecule has 0 fully saturated rings. The summed E-state index contributed by atoms with van der Waals surface area (Å²) in [6.45, 7) is 2.49. The zero-order valence-corrected chi connectivity index (χ0v) is 11.3. The van der Waals surface area contributed by atoms with Crippen molar-refractivity contribution < 1.29 is 9.47 Å². The second-order valence-electron chi connectivity index (χ2n) is 4.46. The van der Waals surface area contributed by atoms with Crippen molar-refractivity contribution in [1.29, 1.82) is 0 Å². The van der Waals surface area contributed by atoms with Gasteiger partial charge in [-0.1, -0.05) is 0 Å². The van der Waals surface area contributed by atoms with Crippen LogP contribution in [0.5, 0.6) is 11.5 Å². The summed E-state index contributed by atoms with van der Waals surface area (Å²) in [5.74, 6) is 1.78. The molecule has 0 unspecified atom stereocenters. The van der Waals surface area contributed by atoms with Gasteiger partial charge in [-0.05, 0) is 42.4 Å². The lowest BCUT2D eigenvalue weighted by atomic mass is 10.1. The third kappa shape index (κ3) is 2.18. The van der Waals surface area contributed by atoms with Gasteiger partial charge in [0, 0.05) is 17.2 Å². The zero-order chi connectivity index (χ0) is 12.4. The van der Waals surface area contributed by atoms with Crippen LogP contribution >= 0.6 is 11.3 Å². The van der Waals surface area contributed by atoms with Crippen molar-refractivity contribution in [2.45, 2.75) is 12.8 Å². The molecule has 1 aliphatic rings. The molecule has 1 aromatic carbocycles. The summed E-state index contributed by atoms with van der Waals surface area (Å²) in [5.41, 5.74) is 1.39. The van der Waals surface area contributed by atoms with Gasteiger partial charge in [-0.3, -0.25) is 0 Å². The van der Waals surface area contributed by atoms with Crippen LogP contribution in [-0.2, 0) is 6.42 Å². The summed E-state index contributed by atoms with van der Waals surface area (Å²) >= 11 is 1.78. The molecule has 3 rings (SSSR count). The molecule has 1 aliphatic heterocycles. The highest BCUT2D eigenvalue weighted by Gasteiger charge is 2.14. The fraction of sp³-hybridized carbons (Fsp3) is 0.429. The summed E-state index contributed by atoms with van der Waals surface area (Å²) in [6.07, 6.45) is 2.01. The molecule has 2 heterocycles. The van der Waals surface area contributed by atoms with Crippen LogP contribution in [0.25, 0.3) is 10.1 Å². The van der Waals surface area contributed by atoms with Crippen LogP contribution in [0.2, 0.25) is 0 Å². The van der Waals surface area contributed by atoms with E-state index in [4.69, 9.17) is 9.47 Å². The van der Waals surface area contributed by atoms with E-state index in [9.17, 15) is 0 Å². The highest BCUT2D eigenvalue weighted by Crippen LogP contribution is 2.38. The van der Waals surface area contributed by atoms with Crippen LogP contribution in [0.15, 0.2) is 17.5 Å². The van der Waals surface area contributed by atoms with Gasteiger partial charge in [0.15, 0.2) is 11.5 Å². The average Bonchev–Trinajstić information content (AvgIpc) is 2.62. The summed E-state index contributed by atoms with van der Waals surface area (Å²) in [5, 5.41) is 6.73. The van der Waals surface area contributed by atoms with Crippen molar-refractivity contribution in [3.8, 4) is 11.5 Å². The first-order valence-electron chi connectivity index (χ1n) is 6.33. The van der Waals surface area contributed by atoms with E-state index in [-0.39, 0.29) is 0 Å². The topological polar surface area (TPSA) is 30.5 Å². The van der Waals surface area contributed by atoms with Gasteiger partial charge in [0.1, 0.15) is 0 Å². The van der Waals surface area contributed by atoms with Crippen molar-refractivity contribution in [3.63, 3.8) is 0 Å². The number of ether oxygens (including phenoxy) is 2. The Kier molecular flexibility index (Phi) is 3.39. The number of likely N-dealkylation sites (N-methyl/N-ethyl adjacent to an activating group) is 1. The first-order valence-corrected chi connectivity index (χ1v) is 7.21. The molecule has 0 spiro atoms. The number of thiophene rings is 1. The molecule has 0 amide bonds. The number of hydrogen-bond donors (Lipinski definition) is 1. The zero-order valence-electron chi connectivity index (χ0n) is 10.5. The molecule has 0 bridgehead atoms. The standard InChI is InChI=1S/C14H17NO2S/c1-15-4-3-10-9-18-14-8-13-12(7-11(10)14)16-5-2-6-17-13/h7-9,15H,2-6H2,1H3. The summed E-state index contributed by atoms with van der Waals surface area (Å²) in [6, 6.07) is 4.25. The van der Waals surface area contributed by atoms with E-state index >= 15 is 0 Å². The van der Waals surface area contributed by atoms with E-state index in [2.05, 4.69) is 22.8 Å². The van der Waals surface area contributed by atoms with Gasteiger partial charge < -0.3 is 14.8 Å². The van der Waals surface area contributed by atoms with Gasteiger partial charge >= 0.3 is 0 Å². The number of fused-ring (bicyclic) bond motifs is 2. The Morgan fingerprint density at radius 3 is 2.78 bits per heavy atom. The van der Waals surface area contributed by atoms with Crippen LogP contribution in [0, 0.1) is 0 Å². The molecule has 0 saturated heterocycles. The molecule has 0 radical (unpaired) electrons. The molecule has 96 valence electrons. The lowest BCUT2D eigenvalue weighted by Gasteiger charge is -2.07. The maximum atomic E-state index is 5.75. The minimum atomic E-state index is 0.745. The Labute approximate surface area is 111 Å². The minimum absolute atomic E-state index is 0.745. The van der Waals surface area contributed by atoms with Gasteiger partial charge in [-0.15, -0.1) is 11.3 Å². The number of nitrogens with one attached hydrogen (secondary N) is 1. The number of hydrogen-bond acceptors (Lipinski definition) is 4. The predicted octanol–water partition coefficient (Wildman–Crippen LogP) is 2.82. The van der Waals surface area contributed by atoms with E-state index in [1.165, 1.54) is 15.6 Å². The first kappa shape index (κ1) is 11.8. The highest BCUT2D eigenvalue weighted by molar-refractivity contribution is 7.17. The van der Waals surface area contributed by atoms with E-state index in [0.29, 0.717) is 0 Å². The van der Waals surface area contributed by atoms with Crippen molar-refractivity contribution in [2.24, 2.45) is 0 Å². The predicted molar refractivity (Wildman–Crippen MR) is 75.1 cm³/mol. The van der Waals surface area contributed by atoms with Gasteiger partial charge in [0.25, 0.3) is 0 Å². The SMILES string of the molecule is CNCCc1csc2cc3c(cc12)OCCCO3. The van der Waals surface area contributed by atoms with Crippen LogP contribution in [0.1, 0.15) is 12.0 Å². The van der Waals surface area contributed by atoms with Crippen LogP contribution in [0.3, 0.4) is 0 Å². The molecule has 2 aromatic rings. The molecule has 18 heavy (non-hydrogen) atoms. The van der Waals surface area contributed by atoms with Crippen molar-refractivity contribution >= 4 is 21.4 Å². The summed E-state index contributed by atoms with van der Waals surface area (Å²) in [7, 11) is 1.98. The largest absolute Gasteiger partial charge is 0.490 e. The van der Waals surface area contributed by atoms with Crippen molar-refractivity contribution in [1.82, 2.24) is 5.32 Å². The molecule has 4 heteroatoms. The Morgan fingerprint density at radius 2 is 2.00 bits per heavy atom. The van der Waals surface area contributed by atoms with Gasteiger partial charge in [0.05, 0.1) is 13.2 Å². The first-order chi connectivity index (χ1) is 8.88. The Balaban J connectivity index is 2.01. The maximum Gasteiger partial charge on any atom is 0.162 e. The van der Waals surface area contributed by atoms with Gasteiger partial charge in [0.2, 0.25) is 0 Å². The summed E-state index contributed by atoms with van der Waals surface area (Å²) in [4.78, 5) is 0. The Bertz CT molecular complexity index is 550. The quantitative estimate of drug-likeness (QED) is 0.923. The third-order valence-electron chi connectivity index (χ3n) is 3.17. The molecule has 0 saturated carbocycles. The number of rotatable bonds is 3. The molecule has 1 N–H and O–H groups in total. The normalized spacial score (nSPS) is 14.7. The van der Waals surface area contributed by atoms with E-state index in [1.807, 2.05) is 7.05 Å². The molecular weight excluding hydrogens is 246 g/mol. The van der Waals surface area contributed by atoms with E-state index in [1.54, 1.807) is 11.3 Å². The van der Waals surface area contributed by atoms with Crippen LogP contribution in [-0.4, -0.2) is 26.8 Å². The van der Waals surface area contributed by atoms with E-state index < -0.39 is 0 Å². The highest BCUT2D eigenvalue weighted by atomic mass is 32.1. The Hall–Kier alpha value is -1.26. The maximum absolute atomic E-state index is 5.75. The molecule has 1 aromatic heterocycles. The van der Waals surface area contributed by atoms with Gasteiger partial charge in [-0.25, -0.2) is 0 Å². The average molecular weight is 263 g/mol. The lowest BCUT2D eigenvalue weighted by molar-refractivity contribution is 0.297. The minimum Gasteiger partial charge on any atom is -0.490 e. The molecular formula is C14H17NO2S. The fourth-order valence-electron chi connectivity index (χ4n) is 2.19. The monoisotopic (exact) mass is 263 g/mol. The molecule has 0 atom stereocenters. The Morgan fingerprint density at radius 1 is 1.22 bits per heavy atom. The molecule has 3 nitrogen and oxygen atoms in total. The summed E-state index contributed by atoms with van der Waals surface area (Å²) < 4.78 is 12.7. The second-order valence-corrected chi connectivity index (χ2v) is 5.37. The van der Waals surface area contributed by atoms with Crippen molar-refractivity contribution in [3.05, 3.63) is 23.1 Å². The van der Waals surface area contributed by atoms with E-state index in [0.717, 1.165) is 44.1 Å². The van der Waals surface area contributed by atoms with Gasteiger partial charge in [-0.2, -0.15) is 0 Å². The van der Waals surface area contributed by atoms with Crippen LogP contribution < -0.4 is 14.8 Å². The third-order valence-corrected chi connectivity index (χ3v) is 4.16. The lowest BCUT2D eigenvalue weighted by Crippen LogP contribution is -2.09. The van der Waals surface area contributed by atoms with Crippen LogP contribution in [0.4, 0.5) is 0 Å².